The number of halogens is 3. The second-order valence-electron chi connectivity index (χ2n) is 5.60. The van der Waals surface area contributed by atoms with E-state index in [9.17, 15) is 18.0 Å². The van der Waals surface area contributed by atoms with E-state index < -0.39 is 11.7 Å². The van der Waals surface area contributed by atoms with Gasteiger partial charge in [-0.3, -0.25) is 0 Å². The Morgan fingerprint density at radius 3 is 2.87 bits per heavy atom. The van der Waals surface area contributed by atoms with E-state index in [2.05, 4.69) is 5.32 Å². The minimum absolute atomic E-state index is 0.119. The zero-order valence-electron chi connectivity index (χ0n) is 12.8. The first-order valence-corrected chi connectivity index (χ1v) is 7.69. The Hall–Kier alpha value is -1.88. The average molecular weight is 323 g/mol. The van der Waals surface area contributed by atoms with Crippen LogP contribution in [0.5, 0.6) is 0 Å². The number of alkyl halides is 3. The highest BCUT2D eigenvalue weighted by atomic mass is 19.4. The van der Waals surface area contributed by atoms with Gasteiger partial charge in [-0.05, 0) is 43.9 Å². The van der Waals surface area contributed by atoms with Gasteiger partial charge in [0.2, 0.25) is 0 Å². The van der Waals surface area contributed by atoms with Crippen LogP contribution in [0.3, 0.4) is 0 Å². The van der Waals surface area contributed by atoms with Gasteiger partial charge in [0.1, 0.15) is 6.29 Å². The summed E-state index contributed by atoms with van der Waals surface area (Å²) in [5.41, 5.74) is 1.24. The van der Waals surface area contributed by atoms with Crippen LogP contribution in [0, 0.1) is 0 Å². The number of hydrogen-bond donors (Lipinski definition) is 1. The van der Waals surface area contributed by atoms with Crippen molar-refractivity contribution < 1.29 is 18.0 Å². The van der Waals surface area contributed by atoms with Crippen LogP contribution in [0.1, 0.15) is 30.4 Å². The summed E-state index contributed by atoms with van der Waals surface area (Å²) in [6, 6.07) is 5.34. The van der Waals surface area contributed by atoms with Crippen LogP contribution in [0.4, 0.5) is 13.2 Å². The third-order valence-corrected chi connectivity index (χ3v) is 3.80. The Balaban J connectivity index is 1.87. The number of benzene rings is 1. The van der Waals surface area contributed by atoms with Gasteiger partial charge >= 0.3 is 6.18 Å². The monoisotopic (exact) mass is 323 g/mol. The summed E-state index contributed by atoms with van der Waals surface area (Å²) in [5.74, 6) is 0. The van der Waals surface area contributed by atoms with Gasteiger partial charge in [-0.25, -0.2) is 0 Å². The molecule has 0 saturated carbocycles. The molecule has 0 bridgehead atoms. The maximum Gasteiger partial charge on any atom is 0.416 e. The minimum Gasteiger partial charge on any atom is -0.307 e. The highest BCUT2D eigenvalue weighted by molar-refractivity contribution is 5.58. The van der Waals surface area contributed by atoms with Crippen molar-refractivity contribution in [3.05, 3.63) is 59.2 Å². The molecule has 1 unspecified atom stereocenters. The fraction of sp³-hybridized carbons (Fsp3) is 0.389. The average Bonchev–Trinajstić information content (AvgIpc) is 2.76. The molecule has 0 radical (unpaired) electrons. The number of allylic oxidation sites excluding steroid dienone is 2. The lowest BCUT2D eigenvalue weighted by molar-refractivity contribution is -0.137. The standard InChI is InChI=1S/C18H20F3NO/c19-18(20,21)16-7-3-6-15(12-16)5-2-1-4-14-8-9-17(13-23)22-11-10-14/h1,3-4,6-8,12-13,17,22H,2,5,9-11H2/b4-1+. The second-order valence-corrected chi connectivity index (χ2v) is 5.60. The van der Waals surface area contributed by atoms with Crippen molar-refractivity contribution >= 4 is 6.29 Å². The van der Waals surface area contributed by atoms with Crippen molar-refractivity contribution in [1.82, 2.24) is 5.32 Å². The molecule has 2 rings (SSSR count). The summed E-state index contributed by atoms with van der Waals surface area (Å²) < 4.78 is 37.9. The zero-order chi connectivity index (χ0) is 16.7. The van der Waals surface area contributed by atoms with Gasteiger partial charge in [-0.2, -0.15) is 13.2 Å². The summed E-state index contributed by atoms with van der Waals surface area (Å²) >= 11 is 0. The Morgan fingerprint density at radius 1 is 1.30 bits per heavy atom. The lowest BCUT2D eigenvalue weighted by Crippen LogP contribution is -2.29. The fourth-order valence-corrected chi connectivity index (χ4v) is 2.51. The normalized spacial score (nSPS) is 19.4. The number of nitrogens with one attached hydrogen (secondary N) is 1. The van der Waals surface area contributed by atoms with Gasteiger partial charge in [0.25, 0.3) is 0 Å². The Morgan fingerprint density at radius 2 is 2.13 bits per heavy atom. The zero-order valence-corrected chi connectivity index (χ0v) is 12.8. The predicted molar refractivity (Wildman–Crippen MR) is 84.1 cm³/mol. The van der Waals surface area contributed by atoms with Gasteiger partial charge in [0.15, 0.2) is 0 Å². The van der Waals surface area contributed by atoms with Crippen LogP contribution in [0.25, 0.3) is 0 Å². The molecule has 23 heavy (non-hydrogen) atoms. The molecule has 124 valence electrons. The smallest absolute Gasteiger partial charge is 0.307 e. The van der Waals surface area contributed by atoms with E-state index in [4.69, 9.17) is 0 Å². The van der Waals surface area contributed by atoms with Gasteiger partial charge in [0, 0.05) is 0 Å². The molecule has 1 aromatic rings. The first-order valence-electron chi connectivity index (χ1n) is 7.69. The van der Waals surface area contributed by atoms with Crippen molar-refractivity contribution in [2.75, 3.05) is 6.54 Å². The molecule has 0 aromatic heterocycles. The molecule has 1 aliphatic rings. The molecular formula is C18H20F3NO. The highest BCUT2D eigenvalue weighted by Gasteiger charge is 2.30. The molecular weight excluding hydrogens is 303 g/mol. The highest BCUT2D eigenvalue weighted by Crippen LogP contribution is 2.29. The maximum absolute atomic E-state index is 12.6. The molecule has 0 fully saturated rings. The third-order valence-electron chi connectivity index (χ3n) is 3.80. The van der Waals surface area contributed by atoms with Crippen molar-refractivity contribution in [2.45, 2.75) is 37.9 Å². The molecule has 0 saturated heterocycles. The first kappa shape index (κ1) is 17.5. The number of rotatable bonds is 5. The molecule has 1 heterocycles. The van der Waals surface area contributed by atoms with E-state index in [1.165, 1.54) is 12.1 Å². The van der Waals surface area contributed by atoms with Crippen molar-refractivity contribution in [2.24, 2.45) is 0 Å². The van der Waals surface area contributed by atoms with E-state index in [-0.39, 0.29) is 6.04 Å². The lowest BCUT2D eigenvalue weighted by atomic mass is 10.0. The van der Waals surface area contributed by atoms with E-state index in [1.807, 2.05) is 18.2 Å². The molecule has 2 nitrogen and oxygen atoms in total. The minimum atomic E-state index is -4.29. The number of aryl methyl sites for hydroxylation is 1. The van der Waals surface area contributed by atoms with Crippen molar-refractivity contribution in [3.63, 3.8) is 0 Å². The fourth-order valence-electron chi connectivity index (χ4n) is 2.51. The van der Waals surface area contributed by atoms with Crippen LogP contribution in [0.15, 0.2) is 48.1 Å². The molecule has 5 heteroatoms. The number of aldehydes is 1. The van der Waals surface area contributed by atoms with E-state index in [0.717, 1.165) is 30.9 Å². The van der Waals surface area contributed by atoms with Gasteiger partial charge in [0.05, 0.1) is 11.6 Å². The largest absolute Gasteiger partial charge is 0.416 e. The molecule has 1 aliphatic heterocycles. The summed E-state index contributed by atoms with van der Waals surface area (Å²) in [4.78, 5) is 10.7. The predicted octanol–water partition coefficient (Wildman–Crippen LogP) is 4.07. The molecule has 1 aromatic carbocycles. The van der Waals surface area contributed by atoms with Crippen LogP contribution < -0.4 is 5.32 Å². The Bertz CT molecular complexity index is 590. The number of carbonyl (C=O) groups is 1. The third kappa shape index (κ3) is 5.67. The van der Waals surface area contributed by atoms with Gasteiger partial charge < -0.3 is 10.1 Å². The van der Waals surface area contributed by atoms with E-state index in [0.29, 0.717) is 24.8 Å². The molecule has 1 N–H and O–H groups in total. The molecule has 0 aliphatic carbocycles. The van der Waals surface area contributed by atoms with Crippen LogP contribution in [0.2, 0.25) is 0 Å². The SMILES string of the molecule is O=CC1CC=C(/C=C/CCc2cccc(C(F)(F)F)c2)CCN1. The number of carbonyl (C=O) groups excluding carboxylic acids is 1. The number of hydrogen-bond acceptors (Lipinski definition) is 2. The Kier molecular flexibility index (Phi) is 6.16. The summed E-state index contributed by atoms with van der Waals surface area (Å²) in [5, 5.41) is 3.14. The first-order chi connectivity index (χ1) is 11.0. The molecule has 0 amide bonds. The summed E-state index contributed by atoms with van der Waals surface area (Å²) in [7, 11) is 0. The quantitative estimate of drug-likeness (QED) is 0.828. The summed E-state index contributed by atoms with van der Waals surface area (Å²) in [6.45, 7) is 0.757. The van der Waals surface area contributed by atoms with Crippen molar-refractivity contribution in [1.29, 1.82) is 0 Å². The van der Waals surface area contributed by atoms with Gasteiger partial charge in [-0.1, -0.05) is 42.0 Å². The van der Waals surface area contributed by atoms with Crippen LogP contribution in [-0.4, -0.2) is 18.9 Å². The molecule has 0 spiro atoms. The lowest BCUT2D eigenvalue weighted by Gasteiger charge is -2.08. The Labute approximate surface area is 134 Å². The van der Waals surface area contributed by atoms with Gasteiger partial charge in [-0.15, -0.1) is 0 Å². The van der Waals surface area contributed by atoms with Crippen LogP contribution >= 0.6 is 0 Å². The van der Waals surface area contributed by atoms with Crippen LogP contribution in [-0.2, 0) is 17.4 Å². The van der Waals surface area contributed by atoms with E-state index in [1.54, 1.807) is 6.07 Å². The van der Waals surface area contributed by atoms with E-state index >= 15 is 0 Å². The summed E-state index contributed by atoms with van der Waals surface area (Å²) in [6.07, 6.45) is 5.43. The van der Waals surface area contributed by atoms with Crippen molar-refractivity contribution in [3.8, 4) is 0 Å². The second kappa shape index (κ2) is 8.11. The topological polar surface area (TPSA) is 29.1 Å². The maximum atomic E-state index is 12.6. The molecule has 1 atom stereocenters.